The quantitative estimate of drug-likeness (QED) is 0.260. The van der Waals surface area contributed by atoms with Crippen molar-refractivity contribution in [2.45, 2.75) is 6.42 Å². The first-order valence-electron chi connectivity index (χ1n) is 3.92. The lowest BCUT2D eigenvalue weighted by molar-refractivity contribution is -0.127. The highest BCUT2D eigenvalue weighted by molar-refractivity contribution is 6.04. The van der Waals surface area contributed by atoms with E-state index in [0.29, 0.717) is 6.34 Å². The summed E-state index contributed by atoms with van der Waals surface area (Å²) in [5.74, 6) is -1.24. The van der Waals surface area contributed by atoms with Crippen molar-refractivity contribution in [3.8, 4) is 0 Å². The van der Waals surface area contributed by atoms with Crippen LogP contribution in [0.1, 0.15) is 6.42 Å². The van der Waals surface area contributed by atoms with Crippen molar-refractivity contribution in [2.24, 2.45) is 4.99 Å². The highest BCUT2D eigenvalue weighted by Gasteiger charge is 2.06. The number of carbonyl (C=O) groups excluding carboxylic acids is 3. The van der Waals surface area contributed by atoms with E-state index in [4.69, 9.17) is 5.41 Å². The van der Waals surface area contributed by atoms with Crippen LogP contribution in [0.15, 0.2) is 4.99 Å². The molecule has 0 saturated carbocycles. The number of nitrogens with zero attached hydrogens (tertiary/aromatic N) is 1. The molecule has 0 aromatic carbocycles. The molecule has 0 aliphatic heterocycles. The Kier molecular flexibility index (Phi) is 6.10. The third-order valence-electron chi connectivity index (χ3n) is 1.18. The van der Waals surface area contributed by atoms with Gasteiger partial charge in [-0.2, -0.15) is 4.99 Å². The molecule has 0 saturated heterocycles. The Morgan fingerprint density at radius 3 is 2.40 bits per heavy atom. The lowest BCUT2D eigenvalue weighted by atomic mass is 10.4. The number of aliphatic imine (C=N–C) groups is 1. The van der Waals surface area contributed by atoms with Gasteiger partial charge in [0, 0.05) is 7.05 Å². The Balaban J connectivity index is 3.84. The number of urea groups is 1. The molecule has 0 bridgehead atoms. The number of nitrogens with one attached hydrogen (secondary N) is 4. The number of carbonyl (C=O) groups is 3. The first kappa shape index (κ1) is 12.8. The van der Waals surface area contributed by atoms with Crippen LogP contribution in [-0.4, -0.2) is 37.6 Å². The Bertz CT molecular complexity index is 299. The van der Waals surface area contributed by atoms with E-state index in [-0.39, 0.29) is 0 Å². The summed E-state index contributed by atoms with van der Waals surface area (Å²) in [4.78, 5) is 35.5. The van der Waals surface area contributed by atoms with Crippen molar-refractivity contribution in [3.63, 3.8) is 0 Å². The molecule has 4 amide bonds. The topological polar surface area (TPSA) is 124 Å². The van der Waals surface area contributed by atoms with E-state index in [1.807, 2.05) is 5.32 Å². The number of amides is 4. The third-order valence-corrected chi connectivity index (χ3v) is 1.18. The average molecular weight is 213 g/mol. The van der Waals surface area contributed by atoms with Crippen LogP contribution >= 0.6 is 0 Å². The molecule has 0 fully saturated rings. The lowest BCUT2D eigenvalue weighted by Gasteiger charge is -1.97. The van der Waals surface area contributed by atoms with Crippen LogP contribution in [0.2, 0.25) is 0 Å². The summed E-state index contributed by atoms with van der Waals surface area (Å²) >= 11 is 0. The van der Waals surface area contributed by atoms with E-state index in [1.165, 1.54) is 7.05 Å². The maximum Gasteiger partial charge on any atom is 0.342 e. The minimum atomic E-state index is -0.623. The Morgan fingerprint density at radius 1 is 1.27 bits per heavy atom. The van der Waals surface area contributed by atoms with E-state index in [0.717, 1.165) is 6.34 Å². The molecule has 0 aromatic heterocycles. The molecule has 0 radical (unpaired) electrons. The predicted octanol–water partition coefficient (Wildman–Crippen LogP) is -1.42. The maximum atomic E-state index is 10.9. The van der Waals surface area contributed by atoms with E-state index >= 15 is 0 Å². The normalized spacial score (nSPS) is 9.40. The second kappa shape index (κ2) is 7.18. The van der Waals surface area contributed by atoms with E-state index in [2.05, 4.69) is 15.6 Å². The number of hydrogen-bond donors (Lipinski definition) is 4. The third kappa shape index (κ3) is 6.87. The maximum absolute atomic E-state index is 10.9. The molecule has 0 heterocycles. The molecule has 82 valence electrons. The summed E-state index contributed by atoms with van der Waals surface area (Å²) in [6, 6.07) is -0.612. The van der Waals surface area contributed by atoms with Crippen LogP contribution in [0.5, 0.6) is 0 Å². The summed E-state index contributed by atoms with van der Waals surface area (Å²) in [6.07, 6.45) is 1.13. The van der Waals surface area contributed by atoms with Gasteiger partial charge in [-0.1, -0.05) is 0 Å². The molecule has 0 aromatic rings. The van der Waals surface area contributed by atoms with Gasteiger partial charge in [-0.05, 0) is 0 Å². The van der Waals surface area contributed by atoms with Crippen molar-refractivity contribution in [1.82, 2.24) is 16.0 Å². The fraction of sp³-hybridized carbons (Fsp3) is 0.286. The summed E-state index contributed by atoms with van der Waals surface area (Å²) in [5.41, 5.74) is 0. The van der Waals surface area contributed by atoms with Crippen LogP contribution in [-0.2, 0) is 9.59 Å². The van der Waals surface area contributed by atoms with Crippen LogP contribution in [0.4, 0.5) is 4.79 Å². The van der Waals surface area contributed by atoms with E-state index < -0.39 is 24.3 Å². The smallest absolute Gasteiger partial charge is 0.339 e. The minimum absolute atomic E-state index is 0.435. The van der Waals surface area contributed by atoms with Gasteiger partial charge in [0.1, 0.15) is 12.8 Å². The summed E-state index contributed by atoms with van der Waals surface area (Å²) in [6.45, 7) is 0. The Morgan fingerprint density at radius 2 is 1.87 bits per heavy atom. The van der Waals surface area contributed by atoms with Crippen molar-refractivity contribution in [3.05, 3.63) is 0 Å². The molecule has 15 heavy (non-hydrogen) atoms. The Labute approximate surface area is 85.6 Å². The zero-order valence-corrected chi connectivity index (χ0v) is 8.03. The van der Waals surface area contributed by atoms with Crippen LogP contribution in [0.3, 0.4) is 0 Å². The van der Waals surface area contributed by atoms with Gasteiger partial charge < -0.3 is 16.0 Å². The van der Waals surface area contributed by atoms with Gasteiger partial charge >= 0.3 is 6.03 Å². The molecular formula is C7H11N5O3. The SMILES string of the molecule is CNC(=O)N=CNC(=O)CC(=O)NC=N. The first-order valence-corrected chi connectivity index (χ1v) is 3.92. The van der Waals surface area contributed by atoms with Gasteiger partial charge in [-0.3, -0.25) is 15.0 Å². The number of hydrogen-bond acceptors (Lipinski definition) is 4. The lowest BCUT2D eigenvalue weighted by Crippen LogP contribution is -2.30. The van der Waals surface area contributed by atoms with Crippen molar-refractivity contribution >= 4 is 30.5 Å². The molecule has 0 spiro atoms. The van der Waals surface area contributed by atoms with Gasteiger partial charge in [-0.25, -0.2) is 4.79 Å². The van der Waals surface area contributed by atoms with Gasteiger partial charge in [0.2, 0.25) is 11.8 Å². The molecule has 8 nitrogen and oxygen atoms in total. The highest BCUT2D eigenvalue weighted by Crippen LogP contribution is 1.77. The second-order valence-corrected chi connectivity index (χ2v) is 2.27. The van der Waals surface area contributed by atoms with Crippen molar-refractivity contribution in [1.29, 1.82) is 5.41 Å². The molecule has 0 aliphatic carbocycles. The first-order chi connectivity index (χ1) is 7.10. The molecule has 0 rings (SSSR count). The fourth-order valence-electron chi connectivity index (χ4n) is 0.556. The van der Waals surface area contributed by atoms with Crippen LogP contribution < -0.4 is 16.0 Å². The molecule has 0 atom stereocenters. The van der Waals surface area contributed by atoms with Gasteiger partial charge in [-0.15, -0.1) is 0 Å². The predicted molar refractivity (Wildman–Crippen MR) is 52.6 cm³/mol. The zero-order valence-electron chi connectivity index (χ0n) is 8.03. The Hall–Kier alpha value is -2.25. The van der Waals surface area contributed by atoms with Crippen molar-refractivity contribution in [2.75, 3.05) is 7.05 Å². The van der Waals surface area contributed by atoms with Gasteiger partial charge in [0.25, 0.3) is 0 Å². The summed E-state index contributed by atoms with van der Waals surface area (Å²) in [7, 11) is 1.39. The minimum Gasteiger partial charge on any atom is -0.339 e. The molecule has 4 N–H and O–H groups in total. The average Bonchev–Trinajstić information content (AvgIpc) is 2.17. The largest absolute Gasteiger partial charge is 0.342 e. The summed E-state index contributed by atoms with van der Waals surface area (Å²) < 4.78 is 0. The fourth-order valence-corrected chi connectivity index (χ4v) is 0.556. The standard InChI is InChI=1S/C7H11N5O3/c1-9-7(15)12-4-11-6(14)2-5(13)10-3-8/h3-4H,2H2,1H3,(H2,8,10,13)(H2,9,11,12,14,15). The molecular weight excluding hydrogens is 202 g/mol. The zero-order chi connectivity index (χ0) is 11.7. The van der Waals surface area contributed by atoms with Gasteiger partial charge in [0.15, 0.2) is 0 Å². The van der Waals surface area contributed by atoms with Gasteiger partial charge in [0.05, 0.1) is 6.34 Å². The molecule has 8 heteroatoms. The highest BCUT2D eigenvalue weighted by atomic mass is 16.2. The monoisotopic (exact) mass is 213 g/mol. The summed E-state index contributed by atoms with van der Waals surface area (Å²) in [5, 5.41) is 12.8. The van der Waals surface area contributed by atoms with E-state index in [9.17, 15) is 14.4 Å². The van der Waals surface area contributed by atoms with E-state index in [1.54, 1.807) is 0 Å². The van der Waals surface area contributed by atoms with Crippen LogP contribution in [0, 0.1) is 5.41 Å². The molecule has 0 unspecified atom stereocenters. The van der Waals surface area contributed by atoms with Crippen LogP contribution in [0.25, 0.3) is 0 Å². The number of rotatable bonds is 4. The second-order valence-electron chi connectivity index (χ2n) is 2.27. The molecule has 0 aliphatic rings. The van der Waals surface area contributed by atoms with Crippen molar-refractivity contribution < 1.29 is 14.4 Å².